The monoisotopic (exact) mass is 229 g/mol. The minimum absolute atomic E-state index is 0.121. The van der Waals surface area contributed by atoms with Gasteiger partial charge in [-0.25, -0.2) is 0 Å². The van der Waals surface area contributed by atoms with E-state index < -0.39 is 5.97 Å². The summed E-state index contributed by atoms with van der Waals surface area (Å²) in [5.41, 5.74) is 0. The van der Waals surface area contributed by atoms with Crippen LogP contribution in [0, 0.1) is 5.92 Å². The maximum atomic E-state index is 11.8. The molecule has 1 N–H and O–H groups in total. The molecule has 0 atom stereocenters. The van der Waals surface area contributed by atoms with Crippen LogP contribution < -0.4 is 0 Å². The highest BCUT2D eigenvalue weighted by molar-refractivity contribution is 5.76. The fraction of sp³-hybridized carbons (Fsp3) is 0.833. The van der Waals surface area contributed by atoms with Gasteiger partial charge in [0.05, 0.1) is 0 Å². The number of hydrogen-bond acceptors (Lipinski definition) is 2. The van der Waals surface area contributed by atoms with E-state index in [-0.39, 0.29) is 18.4 Å². The molecule has 0 aromatic carbocycles. The molecule has 0 bridgehead atoms. The highest BCUT2D eigenvalue weighted by atomic mass is 16.4. The van der Waals surface area contributed by atoms with Crippen LogP contribution in [0.25, 0.3) is 0 Å². The SMILES string of the molecule is CC(C)CC(=O)N(CCCC(=O)O)C(C)C. The maximum absolute atomic E-state index is 11.8. The Morgan fingerprint density at radius 1 is 1.19 bits per heavy atom. The summed E-state index contributed by atoms with van der Waals surface area (Å²) in [6, 6.07) is 0.139. The number of carboxylic acids is 1. The molecule has 0 aliphatic heterocycles. The first-order chi connectivity index (χ1) is 7.34. The summed E-state index contributed by atoms with van der Waals surface area (Å²) >= 11 is 0. The Morgan fingerprint density at radius 2 is 1.75 bits per heavy atom. The quantitative estimate of drug-likeness (QED) is 0.727. The van der Waals surface area contributed by atoms with Crippen molar-refractivity contribution in [2.75, 3.05) is 6.54 Å². The second-order valence-electron chi connectivity index (χ2n) is 4.78. The lowest BCUT2D eigenvalue weighted by molar-refractivity contribution is -0.138. The first-order valence-electron chi connectivity index (χ1n) is 5.85. The summed E-state index contributed by atoms with van der Waals surface area (Å²) < 4.78 is 0. The van der Waals surface area contributed by atoms with Crippen LogP contribution in [0.5, 0.6) is 0 Å². The molecule has 4 nitrogen and oxygen atoms in total. The molecule has 0 rings (SSSR count). The highest BCUT2D eigenvalue weighted by Crippen LogP contribution is 2.09. The fourth-order valence-corrected chi connectivity index (χ4v) is 1.54. The lowest BCUT2D eigenvalue weighted by atomic mass is 10.1. The Labute approximate surface area is 97.6 Å². The van der Waals surface area contributed by atoms with E-state index in [0.717, 1.165) is 0 Å². The van der Waals surface area contributed by atoms with Crippen molar-refractivity contribution in [3.8, 4) is 0 Å². The zero-order valence-electron chi connectivity index (χ0n) is 10.7. The van der Waals surface area contributed by atoms with Gasteiger partial charge in [-0.15, -0.1) is 0 Å². The number of hydrogen-bond donors (Lipinski definition) is 1. The number of aliphatic carboxylic acids is 1. The smallest absolute Gasteiger partial charge is 0.303 e. The van der Waals surface area contributed by atoms with Gasteiger partial charge in [-0.1, -0.05) is 13.8 Å². The zero-order valence-corrected chi connectivity index (χ0v) is 10.7. The molecule has 0 saturated carbocycles. The minimum Gasteiger partial charge on any atom is -0.481 e. The molecule has 0 spiro atoms. The van der Waals surface area contributed by atoms with Gasteiger partial charge < -0.3 is 10.0 Å². The molecule has 0 aliphatic rings. The third kappa shape index (κ3) is 6.43. The summed E-state index contributed by atoms with van der Waals surface area (Å²) in [4.78, 5) is 24.0. The molecule has 0 aliphatic carbocycles. The van der Waals surface area contributed by atoms with E-state index in [1.165, 1.54) is 0 Å². The van der Waals surface area contributed by atoms with Gasteiger partial charge in [0.1, 0.15) is 0 Å². The van der Waals surface area contributed by atoms with Gasteiger partial charge in [0.15, 0.2) is 0 Å². The van der Waals surface area contributed by atoms with Gasteiger partial charge in [-0.05, 0) is 26.2 Å². The lowest BCUT2D eigenvalue weighted by Crippen LogP contribution is -2.38. The van der Waals surface area contributed by atoms with E-state index >= 15 is 0 Å². The van der Waals surface area contributed by atoms with Crippen LogP contribution in [0.1, 0.15) is 47.0 Å². The van der Waals surface area contributed by atoms with Crippen LogP contribution in [-0.4, -0.2) is 34.5 Å². The maximum Gasteiger partial charge on any atom is 0.303 e. The highest BCUT2D eigenvalue weighted by Gasteiger charge is 2.17. The topological polar surface area (TPSA) is 57.6 Å². The summed E-state index contributed by atoms with van der Waals surface area (Å²) in [5.74, 6) is -0.344. The summed E-state index contributed by atoms with van der Waals surface area (Å²) in [5, 5.41) is 8.55. The van der Waals surface area contributed by atoms with Crippen molar-refractivity contribution in [1.29, 1.82) is 0 Å². The van der Waals surface area contributed by atoms with Crippen molar-refractivity contribution in [3.63, 3.8) is 0 Å². The number of nitrogens with zero attached hydrogens (tertiary/aromatic N) is 1. The summed E-state index contributed by atoms with van der Waals surface area (Å²) in [6.07, 6.45) is 1.18. The van der Waals surface area contributed by atoms with Crippen molar-refractivity contribution in [3.05, 3.63) is 0 Å². The number of carbonyl (C=O) groups is 2. The number of carbonyl (C=O) groups excluding carboxylic acids is 1. The van der Waals surface area contributed by atoms with Crippen molar-refractivity contribution < 1.29 is 14.7 Å². The number of rotatable bonds is 7. The predicted octanol–water partition coefficient (Wildman–Crippen LogP) is 2.13. The standard InChI is InChI=1S/C12H23NO3/c1-9(2)8-11(14)13(10(3)4)7-5-6-12(15)16/h9-10H,5-8H2,1-4H3,(H,15,16). The van der Waals surface area contributed by atoms with E-state index in [0.29, 0.717) is 25.3 Å². The minimum atomic E-state index is -0.806. The molecular formula is C12H23NO3. The average molecular weight is 229 g/mol. The largest absolute Gasteiger partial charge is 0.481 e. The molecule has 0 unspecified atom stereocenters. The lowest BCUT2D eigenvalue weighted by Gasteiger charge is -2.27. The molecular weight excluding hydrogens is 206 g/mol. The molecule has 0 aromatic rings. The van der Waals surface area contributed by atoms with Crippen molar-refractivity contribution >= 4 is 11.9 Å². The average Bonchev–Trinajstić information content (AvgIpc) is 2.09. The van der Waals surface area contributed by atoms with Gasteiger partial charge in [0.25, 0.3) is 0 Å². The molecule has 0 fully saturated rings. The molecule has 1 amide bonds. The Balaban J connectivity index is 4.16. The van der Waals surface area contributed by atoms with Gasteiger partial charge in [0.2, 0.25) is 5.91 Å². The van der Waals surface area contributed by atoms with Crippen LogP contribution in [0.2, 0.25) is 0 Å². The first-order valence-corrected chi connectivity index (χ1v) is 5.85. The number of amides is 1. The van der Waals surface area contributed by atoms with Crippen LogP contribution >= 0.6 is 0 Å². The second kappa shape index (κ2) is 7.25. The van der Waals surface area contributed by atoms with Gasteiger partial charge in [-0.3, -0.25) is 9.59 Å². The van der Waals surface area contributed by atoms with E-state index in [9.17, 15) is 9.59 Å². The van der Waals surface area contributed by atoms with Crippen LogP contribution in [0.4, 0.5) is 0 Å². The Morgan fingerprint density at radius 3 is 2.12 bits per heavy atom. The molecule has 94 valence electrons. The Bertz CT molecular complexity index is 236. The second-order valence-corrected chi connectivity index (χ2v) is 4.78. The third-order valence-electron chi connectivity index (χ3n) is 2.32. The normalized spacial score (nSPS) is 10.9. The van der Waals surface area contributed by atoms with E-state index in [4.69, 9.17) is 5.11 Å². The van der Waals surface area contributed by atoms with Crippen molar-refractivity contribution in [2.45, 2.75) is 53.0 Å². The molecule has 0 heterocycles. The number of carboxylic acid groups (broad SMARTS) is 1. The van der Waals surface area contributed by atoms with Crippen LogP contribution in [0.3, 0.4) is 0 Å². The first kappa shape index (κ1) is 14.9. The van der Waals surface area contributed by atoms with Gasteiger partial charge in [-0.2, -0.15) is 0 Å². The van der Waals surface area contributed by atoms with Crippen LogP contribution in [0.15, 0.2) is 0 Å². The molecule has 4 heteroatoms. The Kier molecular flexibility index (Phi) is 6.77. The molecule has 16 heavy (non-hydrogen) atoms. The van der Waals surface area contributed by atoms with Crippen molar-refractivity contribution in [2.24, 2.45) is 5.92 Å². The van der Waals surface area contributed by atoms with Gasteiger partial charge in [0, 0.05) is 25.4 Å². The van der Waals surface area contributed by atoms with E-state index in [2.05, 4.69) is 0 Å². The molecule has 0 aromatic heterocycles. The zero-order chi connectivity index (χ0) is 12.7. The van der Waals surface area contributed by atoms with Crippen LogP contribution in [-0.2, 0) is 9.59 Å². The van der Waals surface area contributed by atoms with E-state index in [1.54, 1.807) is 4.90 Å². The molecule has 0 radical (unpaired) electrons. The predicted molar refractivity (Wildman–Crippen MR) is 63.2 cm³/mol. The summed E-state index contributed by atoms with van der Waals surface area (Å²) in [6.45, 7) is 8.47. The van der Waals surface area contributed by atoms with Gasteiger partial charge >= 0.3 is 5.97 Å². The fourth-order valence-electron chi connectivity index (χ4n) is 1.54. The Hall–Kier alpha value is -1.06. The molecule has 0 saturated heterocycles. The summed E-state index contributed by atoms with van der Waals surface area (Å²) in [7, 11) is 0. The van der Waals surface area contributed by atoms with E-state index in [1.807, 2.05) is 27.7 Å². The third-order valence-corrected chi connectivity index (χ3v) is 2.32. The van der Waals surface area contributed by atoms with Crippen molar-refractivity contribution in [1.82, 2.24) is 4.90 Å².